The van der Waals surface area contributed by atoms with Gasteiger partial charge in [-0.15, -0.1) is 0 Å². The third kappa shape index (κ3) is 2.08. The highest BCUT2D eigenvalue weighted by molar-refractivity contribution is 6.01. The number of hydrogen-bond donors (Lipinski definition) is 2. The molecule has 0 radical (unpaired) electrons. The van der Waals surface area contributed by atoms with E-state index in [1.54, 1.807) is 6.92 Å². The van der Waals surface area contributed by atoms with Gasteiger partial charge in [-0.2, -0.15) is 0 Å². The number of imidazole rings is 1. The summed E-state index contributed by atoms with van der Waals surface area (Å²) < 4.78 is 1.40. The van der Waals surface area contributed by atoms with Crippen molar-refractivity contribution in [2.45, 2.75) is 13.8 Å². The Bertz CT molecular complexity index is 905. The SMILES string of the molecule is Cc1ccc(-n2c(=O)[nH]c3c(C(N)=O)nc(C)nc32)cc1. The highest BCUT2D eigenvalue weighted by Crippen LogP contribution is 2.16. The summed E-state index contributed by atoms with van der Waals surface area (Å²) in [6.45, 7) is 3.60. The number of aryl methyl sites for hydroxylation is 2. The van der Waals surface area contributed by atoms with Gasteiger partial charge in [0.25, 0.3) is 5.91 Å². The van der Waals surface area contributed by atoms with Crippen molar-refractivity contribution in [2.75, 3.05) is 0 Å². The summed E-state index contributed by atoms with van der Waals surface area (Å²) in [6.07, 6.45) is 0. The molecule has 0 aliphatic rings. The smallest absolute Gasteiger partial charge is 0.332 e. The number of nitrogens with two attached hydrogens (primary N) is 1. The Balaban J connectivity index is 2.39. The van der Waals surface area contributed by atoms with Crippen LogP contribution >= 0.6 is 0 Å². The molecule has 3 rings (SSSR count). The van der Waals surface area contributed by atoms with Gasteiger partial charge in [-0.3, -0.25) is 4.79 Å². The number of rotatable bonds is 2. The number of nitrogens with one attached hydrogen (secondary N) is 1. The van der Waals surface area contributed by atoms with Crippen molar-refractivity contribution in [3.05, 3.63) is 51.8 Å². The van der Waals surface area contributed by atoms with Gasteiger partial charge in [0.15, 0.2) is 11.3 Å². The van der Waals surface area contributed by atoms with E-state index in [1.165, 1.54) is 4.57 Å². The first-order valence-electron chi connectivity index (χ1n) is 6.33. The number of nitrogens with zero attached hydrogens (tertiary/aromatic N) is 3. The minimum atomic E-state index is -0.706. The van der Waals surface area contributed by atoms with Crippen LogP contribution in [0.5, 0.6) is 0 Å². The first-order valence-corrected chi connectivity index (χ1v) is 6.33. The number of fused-ring (bicyclic) bond motifs is 1. The molecule has 3 N–H and O–H groups in total. The van der Waals surface area contributed by atoms with Gasteiger partial charge in [0.1, 0.15) is 11.3 Å². The Labute approximate surface area is 119 Å². The fraction of sp³-hybridized carbons (Fsp3) is 0.143. The van der Waals surface area contributed by atoms with Crippen LogP contribution in [0.4, 0.5) is 0 Å². The molecule has 0 aliphatic heterocycles. The minimum Gasteiger partial charge on any atom is -0.364 e. The van der Waals surface area contributed by atoms with E-state index in [1.807, 2.05) is 31.2 Å². The van der Waals surface area contributed by atoms with Gasteiger partial charge in [0.2, 0.25) is 0 Å². The van der Waals surface area contributed by atoms with Crippen LogP contribution in [0.1, 0.15) is 21.9 Å². The summed E-state index contributed by atoms with van der Waals surface area (Å²) in [5.41, 5.74) is 7.25. The first-order chi connectivity index (χ1) is 9.97. The van der Waals surface area contributed by atoms with Gasteiger partial charge in [-0.1, -0.05) is 17.7 Å². The van der Waals surface area contributed by atoms with Crippen LogP contribution in [0.15, 0.2) is 29.1 Å². The molecule has 21 heavy (non-hydrogen) atoms. The number of benzene rings is 1. The second kappa shape index (κ2) is 4.55. The third-order valence-electron chi connectivity index (χ3n) is 3.17. The molecule has 0 bridgehead atoms. The van der Waals surface area contributed by atoms with Crippen molar-refractivity contribution >= 4 is 17.1 Å². The second-order valence-electron chi connectivity index (χ2n) is 4.78. The predicted molar refractivity (Wildman–Crippen MR) is 77.5 cm³/mol. The number of amides is 1. The van der Waals surface area contributed by atoms with Crippen LogP contribution in [0.3, 0.4) is 0 Å². The lowest BCUT2D eigenvalue weighted by Gasteiger charge is -2.04. The molecule has 0 saturated heterocycles. The lowest BCUT2D eigenvalue weighted by atomic mass is 10.2. The zero-order chi connectivity index (χ0) is 15.1. The topological polar surface area (TPSA) is 107 Å². The molecule has 7 nitrogen and oxygen atoms in total. The highest BCUT2D eigenvalue weighted by atomic mass is 16.2. The molecule has 2 aromatic heterocycles. The molecule has 2 heterocycles. The standard InChI is InChI=1S/C14H13N5O2/c1-7-3-5-9(6-4-7)19-13-11(18-14(19)21)10(12(15)20)16-8(2)17-13/h3-6H,1-2H3,(H2,15,20)(H,18,21). The maximum Gasteiger partial charge on any atom is 0.332 e. The Morgan fingerprint density at radius 3 is 2.48 bits per heavy atom. The molecule has 3 aromatic rings. The zero-order valence-corrected chi connectivity index (χ0v) is 11.5. The van der Waals surface area contributed by atoms with E-state index in [-0.39, 0.29) is 11.2 Å². The van der Waals surface area contributed by atoms with E-state index in [9.17, 15) is 9.59 Å². The van der Waals surface area contributed by atoms with Crippen molar-refractivity contribution < 1.29 is 4.79 Å². The molecule has 0 spiro atoms. The van der Waals surface area contributed by atoms with Gasteiger partial charge in [0, 0.05) is 0 Å². The van der Waals surface area contributed by atoms with E-state index in [0.717, 1.165) is 5.56 Å². The average molecular weight is 283 g/mol. The average Bonchev–Trinajstić information content (AvgIpc) is 2.75. The van der Waals surface area contributed by atoms with Crippen LogP contribution in [0, 0.1) is 13.8 Å². The molecule has 0 atom stereocenters. The monoisotopic (exact) mass is 283 g/mol. The summed E-state index contributed by atoms with van der Waals surface area (Å²) in [7, 11) is 0. The fourth-order valence-electron chi connectivity index (χ4n) is 2.21. The van der Waals surface area contributed by atoms with E-state index in [0.29, 0.717) is 17.2 Å². The molecule has 0 unspecified atom stereocenters. The maximum atomic E-state index is 12.2. The Morgan fingerprint density at radius 1 is 1.19 bits per heavy atom. The minimum absolute atomic E-state index is 0.0143. The molecule has 106 valence electrons. The summed E-state index contributed by atoms with van der Waals surface area (Å²) >= 11 is 0. The quantitative estimate of drug-likeness (QED) is 0.726. The van der Waals surface area contributed by atoms with Crippen LogP contribution < -0.4 is 11.4 Å². The second-order valence-corrected chi connectivity index (χ2v) is 4.78. The molecule has 1 aromatic carbocycles. The molecule has 7 heteroatoms. The number of H-pyrrole nitrogens is 1. The van der Waals surface area contributed by atoms with Gasteiger partial charge in [-0.25, -0.2) is 19.3 Å². The van der Waals surface area contributed by atoms with Crippen molar-refractivity contribution in [1.29, 1.82) is 0 Å². The van der Waals surface area contributed by atoms with Crippen LogP contribution in [-0.4, -0.2) is 25.4 Å². The van der Waals surface area contributed by atoms with Gasteiger partial charge in [0.05, 0.1) is 5.69 Å². The number of primary amides is 1. The zero-order valence-electron chi connectivity index (χ0n) is 11.5. The van der Waals surface area contributed by atoms with Gasteiger partial charge >= 0.3 is 5.69 Å². The molecule has 1 amide bonds. The highest BCUT2D eigenvalue weighted by Gasteiger charge is 2.18. The van der Waals surface area contributed by atoms with Gasteiger partial charge in [-0.05, 0) is 26.0 Å². The number of aromatic amines is 1. The van der Waals surface area contributed by atoms with E-state index in [2.05, 4.69) is 15.0 Å². The van der Waals surface area contributed by atoms with E-state index in [4.69, 9.17) is 5.73 Å². The first kappa shape index (κ1) is 13.0. The summed E-state index contributed by atoms with van der Waals surface area (Å²) in [5.74, 6) is -0.334. The maximum absolute atomic E-state index is 12.2. The van der Waals surface area contributed by atoms with Crippen molar-refractivity contribution in [2.24, 2.45) is 5.73 Å². The largest absolute Gasteiger partial charge is 0.364 e. The number of hydrogen-bond acceptors (Lipinski definition) is 4. The number of aromatic nitrogens is 4. The number of carbonyl (C=O) groups excluding carboxylic acids is 1. The van der Waals surface area contributed by atoms with E-state index >= 15 is 0 Å². The number of carbonyl (C=O) groups is 1. The molecule has 0 fully saturated rings. The fourth-order valence-corrected chi connectivity index (χ4v) is 2.21. The van der Waals surface area contributed by atoms with E-state index < -0.39 is 11.6 Å². The summed E-state index contributed by atoms with van der Waals surface area (Å²) in [6, 6.07) is 7.41. The Kier molecular flexibility index (Phi) is 2.83. The summed E-state index contributed by atoms with van der Waals surface area (Å²) in [5, 5.41) is 0. The lowest BCUT2D eigenvalue weighted by molar-refractivity contribution is 0.0997. The van der Waals surface area contributed by atoms with Crippen LogP contribution in [-0.2, 0) is 0 Å². The summed E-state index contributed by atoms with van der Waals surface area (Å²) in [4.78, 5) is 34.5. The van der Waals surface area contributed by atoms with Crippen LogP contribution in [0.2, 0.25) is 0 Å². The third-order valence-corrected chi connectivity index (χ3v) is 3.17. The normalized spacial score (nSPS) is 11.0. The molecular weight excluding hydrogens is 270 g/mol. The molecule has 0 saturated carbocycles. The molecule has 0 aliphatic carbocycles. The van der Waals surface area contributed by atoms with Crippen molar-refractivity contribution in [3.8, 4) is 5.69 Å². The van der Waals surface area contributed by atoms with Crippen molar-refractivity contribution in [3.63, 3.8) is 0 Å². The van der Waals surface area contributed by atoms with Crippen LogP contribution in [0.25, 0.3) is 16.9 Å². The molecular formula is C14H13N5O2. The lowest BCUT2D eigenvalue weighted by Crippen LogP contribution is -2.15. The predicted octanol–water partition coefficient (Wildman–Crippen LogP) is 0.825. The van der Waals surface area contributed by atoms with Gasteiger partial charge < -0.3 is 10.7 Å². The van der Waals surface area contributed by atoms with Crippen molar-refractivity contribution in [1.82, 2.24) is 19.5 Å². The Morgan fingerprint density at radius 2 is 1.86 bits per heavy atom. The Hall–Kier alpha value is -2.96.